The molecule has 4 heteroatoms. The number of ketones is 1. The van der Waals surface area contributed by atoms with Crippen molar-refractivity contribution < 1.29 is 9.53 Å². The molecule has 0 radical (unpaired) electrons. The van der Waals surface area contributed by atoms with Crippen LogP contribution in [-0.4, -0.2) is 24.5 Å². The van der Waals surface area contributed by atoms with Crippen molar-refractivity contribution in [2.24, 2.45) is 5.92 Å². The summed E-state index contributed by atoms with van der Waals surface area (Å²) >= 11 is 2.30. The minimum atomic E-state index is -0.196. The van der Waals surface area contributed by atoms with Crippen molar-refractivity contribution in [1.82, 2.24) is 4.98 Å². The van der Waals surface area contributed by atoms with Crippen molar-refractivity contribution in [3.63, 3.8) is 0 Å². The number of allylic oxidation sites excluding steroid dienone is 2. The number of aromatic nitrogens is 1. The summed E-state index contributed by atoms with van der Waals surface area (Å²) in [5, 5.41) is 0. The predicted molar refractivity (Wildman–Crippen MR) is 77.4 cm³/mol. The minimum Gasteiger partial charge on any atom is -0.384 e. The Kier molecular flexibility index (Phi) is 3.07. The summed E-state index contributed by atoms with van der Waals surface area (Å²) in [7, 11) is 1.62. The van der Waals surface area contributed by atoms with Crippen molar-refractivity contribution in [2.75, 3.05) is 13.7 Å². The van der Waals surface area contributed by atoms with E-state index in [0.29, 0.717) is 6.61 Å². The highest BCUT2D eigenvalue weighted by Gasteiger charge is 2.40. The van der Waals surface area contributed by atoms with Gasteiger partial charge in [0.1, 0.15) is 0 Å². The van der Waals surface area contributed by atoms with Gasteiger partial charge >= 0.3 is 0 Å². The van der Waals surface area contributed by atoms with Gasteiger partial charge in [-0.1, -0.05) is 18.2 Å². The lowest BCUT2D eigenvalue weighted by Gasteiger charge is -2.22. The quantitative estimate of drug-likeness (QED) is 0.768. The van der Waals surface area contributed by atoms with E-state index in [9.17, 15) is 4.79 Å². The number of Topliss-reactive ketones (excluding diaryl/α,β-unsaturated/α-hetero) is 1. The molecular formula is C14H12INO2. The molecule has 3 nitrogen and oxygen atoms in total. The van der Waals surface area contributed by atoms with Crippen molar-refractivity contribution in [2.45, 2.75) is 5.92 Å². The Morgan fingerprint density at radius 3 is 3.11 bits per heavy atom. The van der Waals surface area contributed by atoms with Crippen molar-refractivity contribution >= 4 is 32.0 Å². The van der Waals surface area contributed by atoms with Crippen molar-refractivity contribution in [3.05, 3.63) is 47.3 Å². The maximum Gasteiger partial charge on any atom is 0.155 e. The molecule has 0 aromatic carbocycles. The molecule has 1 aromatic rings. The highest BCUT2D eigenvalue weighted by atomic mass is 127. The van der Waals surface area contributed by atoms with Crippen LogP contribution in [0.2, 0.25) is 0 Å². The number of carbonyl (C=O) groups is 1. The average Bonchev–Trinajstić information content (AvgIpc) is 2.68. The van der Waals surface area contributed by atoms with Crippen LogP contribution in [0.5, 0.6) is 0 Å². The first kappa shape index (κ1) is 12.0. The van der Waals surface area contributed by atoms with E-state index < -0.39 is 0 Å². The van der Waals surface area contributed by atoms with Gasteiger partial charge < -0.3 is 4.74 Å². The maximum absolute atomic E-state index is 12.5. The lowest BCUT2D eigenvalue weighted by atomic mass is 9.82. The molecule has 92 valence electrons. The zero-order valence-corrected chi connectivity index (χ0v) is 12.0. The van der Waals surface area contributed by atoms with Crippen LogP contribution in [-0.2, 0) is 9.53 Å². The number of hydrogen-bond donors (Lipinski definition) is 0. The summed E-state index contributed by atoms with van der Waals surface area (Å²) in [6.07, 6.45) is 5.75. The molecule has 0 amide bonds. The molecule has 0 N–H and O–H groups in total. The molecule has 0 fully saturated rings. The lowest BCUT2D eigenvalue weighted by molar-refractivity contribution is -0.123. The summed E-state index contributed by atoms with van der Waals surface area (Å²) in [5.74, 6) is -0.153. The first-order valence-electron chi connectivity index (χ1n) is 5.80. The summed E-state index contributed by atoms with van der Waals surface area (Å²) in [5.41, 5.74) is 3.07. The standard InChI is InChI=1S/C14H12INO2/c1-18-7-8-4-5-9-11(14(8)17)13-10(12(9)15)3-2-6-16-13/h2-6,8,11H,7H2,1H3. The SMILES string of the molecule is COCC1C=CC2=C(I)c3cccnc3C2C1=O. The lowest BCUT2D eigenvalue weighted by Crippen LogP contribution is -2.27. The molecule has 2 unspecified atom stereocenters. The van der Waals surface area contributed by atoms with E-state index in [0.717, 1.165) is 20.4 Å². The molecular weight excluding hydrogens is 341 g/mol. The van der Waals surface area contributed by atoms with E-state index in [2.05, 4.69) is 33.7 Å². The Labute approximate surface area is 119 Å². The molecule has 1 heterocycles. The number of methoxy groups -OCH3 is 1. The van der Waals surface area contributed by atoms with Gasteiger partial charge in [0.15, 0.2) is 5.78 Å². The number of fused-ring (bicyclic) bond motifs is 3. The van der Waals surface area contributed by atoms with Crippen LogP contribution >= 0.6 is 22.6 Å². The van der Waals surface area contributed by atoms with Gasteiger partial charge in [0.25, 0.3) is 0 Å². The third-order valence-electron chi connectivity index (χ3n) is 3.42. The second kappa shape index (κ2) is 4.59. The fourth-order valence-corrected chi connectivity index (χ4v) is 3.51. The number of rotatable bonds is 2. The van der Waals surface area contributed by atoms with Crippen LogP contribution in [0.25, 0.3) is 3.58 Å². The molecule has 0 spiro atoms. The molecule has 2 aliphatic rings. The van der Waals surface area contributed by atoms with Crippen LogP contribution in [0.3, 0.4) is 0 Å². The first-order chi connectivity index (χ1) is 8.74. The summed E-state index contributed by atoms with van der Waals surface area (Å²) < 4.78 is 6.24. The van der Waals surface area contributed by atoms with Crippen molar-refractivity contribution in [1.29, 1.82) is 0 Å². The van der Waals surface area contributed by atoms with Gasteiger partial charge in [-0.05, 0) is 34.2 Å². The summed E-state index contributed by atoms with van der Waals surface area (Å²) in [6.45, 7) is 0.442. The van der Waals surface area contributed by atoms with Gasteiger partial charge in [-0.3, -0.25) is 9.78 Å². The van der Waals surface area contributed by atoms with Crippen LogP contribution in [0.1, 0.15) is 17.2 Å². The Bertz CT molecular complexity index is 577. The fraction of sp³-hybridized carbons (Fsp3) is 0.286. The molecule has 3 rings (SSSR count). The Hall–Kier alpha value is -1.01. The smallest absolute Gasteiger partial charge is 0.155 e. The molecule has 2 atom stereocenters. The number of pyridine rings is 1. The van der Waals surface area contributed by atoms with Gasteiger partial charge in [0, 0.05) is 22.4 Å². The monoisotopic (exact) mass is 353 g/mol. The zero-order chi connectivity index (χ0) is 12.7. The van der Waals surface area contributed by atoms with E-state index in [1.54, 1.807) is 13.3 Å². The summed E-state index contributed by atoms with van der Waals surface area (Å²) in [6, 6.07) is 3.94. The van der Waals surface area contributed by atoms with Gasteiger partial charge in [0.2, 0.25) is 0 Å². The van der Waals surface area contributed by atoms with Crippen molar-refractivity contribution in [3.8, 4) is 0 Å². The Morgan fingerprint density at radius 1 is 1.50 bits per heavy atom. The number of hydrogen-bond acceptors (Lipinski definition) is 3. The number of halogens is 1. The second-order valence-electron chi connectivity index (χ2n) is 4.46. The Morgan fingerprint density at radius 2 is 2.33 bits per heavy atom. The van der Waals surface area contributed by atoms with E-state index in [-0.39, 0.29) is 17.6 Å². The van der Waals surface area contributed by atoms with E-state index >= 15 is 0 Å². The first-order valence-corrected chi connectivity index (χ1v) is 6.87. The third-order valence-corrected chi connectivity index (χ3v) is 4.62. The molecule has 18 heavy (non-hydrogen) atoms. The highest BCUT2D eigenvalue weighted by molar-refractivity contribution is 14.1. The molecule has 0 saturated carbocycles. The van der Waals surface area contributed by atoms with Gasteiger partial charge in [-0.25, -0.2) is 0 Å². The van der Waals surface area contributed by atoms with Crippen LogP contribution in [0.4, 0.5) is 0 Å². The topological polar surface area (TPSA) is 39.2 Å². The van der Waals surface area contributed by atoms with Gasteiger partial charge in [-0.15, -0.1) is 0 Å². The predicted octanol–water partition coefficient (Wildman–Crippen LogP) is 2.73. The molecule has 0 aliphatic heterocycles. The minimum absolute atomic E-state index is 0.152. The highest BCUT2D eigenvalue weighted by Crippen LogP contribution is 2.47. The van der Waals surface area contributed by atoms with E-state index in [1.807, 2.05) is 18.2 Å². The Balaban J connectivity index is 2.10. The van der Waals surface area contributed by atoms with Gasteiger partial charge in [0.05, 0.1) is 24.1 Å². The zero-order valence-electron chi connectivity index (χ0n) is 9.89. The number of ether oxygens (including phenoxy) is 1. The van der Waals surface area contributed by atoms with Gasteiger partial charge in [-0.2, -0.15) is 0 Å². The van der Waals surface area contributed by atoms with Crippen LogP contribution < -0.4 is 0 Å². The maximum atomic E-state index is 12.5. The van der Waals surface area contributed by atoms with Crippen LogP contribution in [0.15, 0.2) is 36.1 Å². The average molecular weight is 353 g/mol. The normalized spacial score (nSPS) is 25.3. The number of carbonyl (C=O) groups excluding carboxylic acids is 1. The van der Waals surface area contributed by atoms with Crippen LogP contribution in [0, 0.1) is 5.92 Å². The van der Waals surface area contributed by atoms with E-state index in [1.165, 1.54) is 0 Å². The second-order valence-corrected chi connectivity index (χ2v) is 5.54. The molecule has 1 aromatic heterocycles. The molecule has 0 saturated heterocycles. The fourth-order valence-electron chi connectivity index (χ4n) is 2.57. The molecule has 0 bridgehead atoms. The number of nitrogens with zero attached hydrogens (tertiary/aromatic N) is 1. The summed E-state index contributed by atoms with van der Waals surface area (Å²) in [4.78, 5) is 16.9. The molecule has 2 aliphatic carbocycles. The van der Waals surface area contributed by atoms with E-state index in [4.69, 9.17) is 4.74 Å². The largest absolute Gasteiger partial charge is 0.384 e. The third kappa shape index (κ3) is 1.66.